The quantitative estimate of drug-likeness (QED) is 0.0307. The largest absolute Gasteiger partial charge is 0.481 e. The number of anilines is 2. The summed E-state index contributed by atoms with van der Waals surface area (Å²) in [5, 5.41) is 122. The number of Topliss-reactive ketones (excluding diaryl/α,β-unsaturated/α-hetero) is 1. The molecule has 3 aromatic rings. The van der Waals surface area contributed by atoms with E-state index in [1.807, 2.05) is 10.6 Å². The second-order valence-corrected chi connectivity index (χ2v) is 15.7. The van der Waals surface area contributed by atoms with Gasteiger partial charge < -0.3 is 93.8 Å². The molecule has 0 saturated heterocycles. The third-order valence-electron chi connectivity index (χ3n) is 10.3. The molecule has 0 saturated carbocycles. The van der Waals surface area contributed by atoms with Crippen LogP contribution < -0.4 is 43.2 Å². The number of aliphatic carboxylic acids is 3. The number of nitrogens with zero attached hydrogens (tertiary/aromatic N) is 3. The molecule has 32 nitrogen and oxygen atoms in total. The fourth-order valence-electron chi connectivity index (χ4n) is 6.32. The molecule has 3 rings (SSSR count). The van der Waals surface area contributed by atoms with Crippen LogP contribution in [0.3, 0.4) is 0 Å². The molecule has 0 fully saturated rings. The summed E-state index contributed by atoms with van der Waals surface area (Å²) in [5.74, 6) is -13.6. The number of aliphatic hydroxyl groups excluding tert-OH is 8. The molecule has 1 aromatic carbocycles. The number of aromatic amines is 1. The maximum atomic E-state index is 13.7. The molecule has 0 aliphatic rings. The first-order valence-corrected chi connectivity index (χ1v) is 21.1. The first kappa shape index (κ1) is 58.5. The Balaban J connectivity index is 1.78. The number of carbonyl (C=O) groups is 9. The van der Waals surface area contributed by atoms with Gasteiger partial charge in [0.2, 0.25) is 29.6 Å². The Bertz CT molecular complexity index is 2510. The highest BCUT2D eigenvalue weighted by Crippen LogP contribution is 2.14. The van der Waals surface area contributed by atoms with Crippen LogP contribution in [-0.2, 0) is 44.9 Å². The van der Waals surface area contributed by atoms with E-state index in [4.69, 9.17) is 10.8 Å². The number of nitrogens with one attached hydrogen (secondary N) is 7. The van der Waals surface area contributed by atoms with Crippen LogP contribution in [0.1, 0.15) is 48.7 Å². The van der Waals surface area contributed by atoms with Crippen LogP contribution >= 0.6 is 0 Å². The molecule has 0 spiro atoms. The van der Waals surface area contributed by atoms with Crippen LogP contribution in [0.5, 0.6) is 0 Å². The van der Waals surface area contributed by atoms with Crippen molar-refractivity contribution < 1.29 is 99.3 Å². The predicted octanol–water partition coefficient (Wildman–Crippen LogP) is -8.50. The van der Waals surface area contributed by atoms with Gasteiger partial charge in [-0.3, -0.25) is 48.1 Å². The van der Waals surface area contributed by atoms with Gasteiger partial charge in [-0.2, -0.15) is 4.98 Å². The van der Waals surface area contributed by atoms with Crippen LogP contribution in [0.15, 0.2) is 35.3 Å². The number of amides is 5. The lowest BCUT2D eigenvalue weighted by atomic mass is 9.98. The van der Waals surface area contributed by atoms with E-state index in [2.05, 4.69) is 30.6 Å². The zero-order valence-corrected chi connectivity index (χ0v) is 37.6. The van der Waals surface area contributed by atoms with Crippen molar-refractivity contribution in [2.75, 3.05) is 24.3 Å². The van der Waals surface area contributed by atoms with Crippen molar-refractivity contribution in [2.24, 2.45) is 0 Å². The number of aliphatic hydroxyl groups is 8. The first-order chi connectivity index (χ1) is 33.8. The highest BCUT2D eigenvalue weighted by molar-refractivity contribution is 5.99. The second kappa shape index (κ2) is 26.9. The van der Waals surface area contributed by atoms with E-state index in [1.165, 1.54) is 30.5 Å². The number of H-pyrrole nitrogens is 1. The number of carboxylic acids is 3. The lowest BCUT2D eigenvalue weighted by Gasteiger charge is -2.32. The normalized spacial score (nSPS) is 15.8. The average Bonchev–Trinajstić information content (AvgIpc) is 3.32. The topological polar surface area (TPSA) is 546 Å². The molecule has 0 radical (unpaired) electrons. The highest BCUT2D eigenvalue weighted by Gasteiger charge is 2.42. The van der Waals surface area contributed by atoms with Crippen LogP contribution in [0, 0.1) is 0 Å². The van der Waals surface area contributed by atoms with Crippen LogP contribution in [0.4, 0.5) is 11.6 Å². The number of carboxylic acid groups (broad SMARTS) is 3. The van der Waals surface area contributed by atoms with E-state index in [-0.39, 0.29) is 29.2 Å². The minimum Gasteiger partial charge on any atom is -0.481 e. The predicted molar refractivity (Wildman–Crippen MR) is 237 cm³/mol. The van der Waals surface area contributed by atoms with Crippen molar-refractivity contribution in [3.63, 3.8) is 0 Å². The van der Waals surface area contributed by atoms with Crippen molar-refractivity contribution in [1.82, 2.24) is 46.5 Å². The Morgan fingerprint density at radius 2 is 1.19 bits per heavy atom. The smallest absolute Gasteiger partial charge is 0.326 e. The first-order valence-electron chi connectivity index (χ1n) is 21.1. The molecule has 11 atom stereocenters. The molecule has 0 unspecified atom stereocenters. The lowest BCUT2D eigenvalue weighted by Crippen LogP contribution is -2.64. The average molecular weight is 1020 g/mol. The Morgan fingerprint density at radius 1 is 0.667 bits per heavy atom. The number of benzene rings is 1. The zero-order chi connectivity index (χ0) is 54.1. The van der Waals surface area contributed by atoms with Gasteiger partial charge in [0.1, 0.15) is 60.8 Å². The van der Waals surface area contributed by atoms with Gasteiger partial charge in [0, 0.05) is 17.7 Å². The molecular weight excluding hydrogens is 970 g/mol. The maximum absolute atomic E-state index is 13.7. The summed E-state index contributed by atoms with van der Waals surface area (Å²) in [6, 6.07) is -5.60. The number of carbonyl (C=O) groups excluding carboxylic acids is 6. The van der Waals surface area contributed by atoms with Gasteiger partial charge in [-0.1, -0.05) is 0 Å². The summed E-state index contributed by atoms with van der Waals surface area (Å²) < 4.78 is 0. The van der Waals surface area contributed by atoms with E-state index in [0.717, 1.165) is 6.92 Å². The molecule has 72 heavy (non-hydrogen) atoms. The Hall–Kier alpha value is -7.85. The van der Waals surface area contributed by atoms with Gasteiger partial charge in [0.05, 0.1) is 50.5 Å². The van der Waals surface area contributed by atoms with Crippen molar-refractivity contribution in [3.05, 3.63) is 52.1 Å². The van der Waals surface area contributed by atoms with E-state index in [0.29, 0.717) is 11.4 Å². The van der Waals surface area contributed by atoms with Gasteiger partial charge in [-0.15, -0.1) is 0 Å². The molecule has 0 bridgehead atoms. The summed E-state index contributed by atoms with van der Waals surface area (Å²) in [5.41, 5.74) is 5.57. The third-order valence-corrected chi connectivity index (χ3v) is 10.3. The summed E-state index contributed by atoms with van der Waals surface area (Å²) in [4.78, 5) is 141. The zero-order valence-electron chi connectivity index (χ0n) is 37.6. The van der Waals surface area contributed by atoms with Crippen LogP contribution in [0.2, 0.25) is 0 Å². The second-order valence-electron chi connectivity index (χ2n) is 15.7. The molecule has 5 amide bonds. The number of aromatic nitrogens is 4. The molecule has 394 valence electrons. The van der Waals surface area contributed by atoms with Crippen LogP contribution in [0.25, 0.3) is 11.2 Å². The number of nitrogens with two attached hydrogens (primary N) is 1. The van der Waals surface area contributed by atoms with Crippen molar-refractivity contribution >= 4 is 76.0 Å². The van der Waals surface area contributed by atoms with Crippen molar-refractivity contribution in [3.8, 4) is 0 Å². The molecule has 2 heterocycles. The molecule has 2 aromatic heterocycles. The van der Waals surface area contributed by atoms with E-state index >= 15 is 0 Å². The maximum Gasteiger partial charge on any atom is 0.326 e. The number of hydrogen-bond donors (Lipinski definition) is 19. The van der Waals surface area contributed by atoms with Crippen LogP contribution in [-0.4, -0.2) is 209 Å². The summed E-state index contributed by atoms with van der Waals surface area (Å²) >= 11 is 0. The van der Waals surface area contributed by atoms with Crippen molar-refractivity contribution in [2.45, 2.75) is 106 Å². The Labute approximate surface area is 403 Å². The van der Waals surface area contributed by atoms with Crippen molar-refractivity contribution in [1.29, 1.82) is 0 Å². The van der Waals surface area contributed by atoms with E-state index < -0.39 is 165 Å². The lowest BCUT2D eigenvalue weighted by molar-refractivity contribution is -0.146. The summed E-state index contributed by atoms with van der Waals surface area (Å²) in [6.07, 6.45) is -17.4. The number of fused-ring (bicyclic) bond motifs is 1. The van der Waals surface area contributed by atoms with E-state index in [9.17, 15) is 99.0 Å². The molecule has 32 heteroatoms. The van der Waals surface area contributed by atoms with Gasteiger partial charge in [-0.25, -0.2) is 14.8 Å². The summed E-state index contributed by atoms with van der Waals surface area (Å²) in [6.45, 7) is -1.59. The molecule has 0 aliphatic heterocycles. The van der Waals surface area contributed by atoms with Gasteiger partial charge in [0.25, 0.3) is 11.5 Å². The third kappa shape index (κ3) is 16.9. The summed E-state index contributed by atoms with van der Waals surface area (Å²) in [7, 11) is 0. The minimum absolute atomic E-state index is 0.0215. The van der Waals surface area contributed by atoms with Gasteiger partial charge in [-0.05, 0) is 37.6 Å². The standard InChI is InChI=1S/C40H53N11O21/c1-14(54)19(8-24(58)59)46-37(69)27(32(65)30(63)22(56)13-53)49-35(67)20(9-25(60)61)47-36(68)26(31(64)29(62)21(55)12-52)48-23(57)7-6-18(39(71)72)45-34(66)15-2-4-16(5-3-15)42-10-17-11-43-33-28(44-17)38(70)51-40(41)50-33/h2-5,11,18-22,26-27,29-32,42,52-53,55-56,62-65H,6-10,12-13H2,1H3,(H,45,66)(H,46,69)(H,47,68)(H,48,57)(H,49,67)(H,58,59)(H,60,61)(H,71,72)(H3,41,43,50,51,70)/t18-,19-,20-,21+,22+,26-,27-,29+,30+,31+,32+/m0/s1. The molecule has 0 aliphatic carbocycles. The fourth-order valence-corrected chi connectivity index (χ4v) is 6.32. The number of rotatable bonds is 29. The van der Waals surface area contributed by atoms with Gasteiger partial charge >= 0.3 is 17.9 Å². The SMILES string of the molecule is CC(=O)[C@H](CC(=O)O)NC(=O)[C@@H](NC(=O)[C@H](CC(=O)O)NC(=O)[C@@H](NC(=O)CC[C@H](NC(=O)c1ccc(NCc2cnc3nc(N)[nH]c(=O)c3n2)cc1)C(=O)O)[C@@H](O)[C@H](O)[C@H](O)CO)[C@@H](O)[C@H](O)[C@H](O)CO. The Morgan fingerprint density at radius 3 is 1.71 bits per heavy atom. The number of nitrogen functional groups attached to an aromatic ring is 1. The van der Waals surface area contributed by atoms with Gasteiger partial charge in [0.15, 0.2) is 16.9 Å². The minimum atomic E-state index is -2.62. The van der Waals surface area contributed by atoms with E-state index in [1.54, 1.807) is 10.6 Å². The highest BCUT2D eigenvalue weighted by atomic mass is 16.4. The number of hydrogen-bond acceptors (Lipinski definition) is 23. The molecular formula is C40H53N11O21. The fraction of sp³-hybridized carbons (Fsp3) is 0.475. The number of ketones is 1. The Kier molecular flexibility index (Phi) is 21.9. The molecule has 20 N–H and O–H groups in total. The monoisotopic (exact) mass is 1020 g/mol.